The lowest BCUT2D eigenvalue weighted by Gasteiger charge is -2.36. The summed E-state index contributed by atoms with van der Waals surface area (Å²) in [6.07, 6.45) is 7.51. The Morgan fingerprint density at radius 2 is 2.16 bits per heavy atom. The van der Waals surface area contributed by atoms with Crippen LogP contribution in [0, 0.1) is 6.92 Å². The zero-order valence-electron chi connectivity index (χ0n) is 11.9. The molecule has 1 aliphatic heterocycles. The SMILES string of the molecule is COCCNCC1CCCCN1c1ncc(C)cn1. The van der Waals surface area contributed by atoms with Crippen LogP contribution < -0.4 is 10.2 Å². The molecular formula is C14H24N4O. The second-order valence-corrected chi connectivity index (χ2v) is 5.10. The normalized spacial score (nSPS) is 19.7. The Morgan fingerprint density at radius 1 is 1.37 bits per heavy atom. The average Bonchev–Trinajstić information content (AvgIpc) is 2.45. The fourth-order valence-electron chi connectivity index (χ4n) is 2.45. The first-order chi connectivity index (χ1) is 9.31. The Bertz CT molecular complexity index is 368. The van der Waals surface area contributed by atoms with Gasteiger partial charge in [-0.3, -0.25) is 0 Å². The molecule has 0 saturated carbocycles. The minimum atomic E-state index is 0.494. The number of aromatic nitrogens is 2. The molecule has 0 radical (unpaired) electrons. The molecule has 0 amide bonds. The van der Waals surface area contributed by atoms with Crippen molar-refractivity contribution >= 4 is 5.95 Å². The highest BCUT2D eigenvalue weighted by atomic mass is 16.5. The molecular weight excluding hydrogens is 240 g/mol. The van der Waals surface area contributed by atoms with Crippen molar-refractivity contribution in [2.24, 2.45) is 0 Å². The van der Waals surface area contributed by atoms with Gasteiger partial charge in [-0.15, -0.1) is 0 Å². The molecule has 2 rings (SSSR count). The van der Waals surface area contributed by atoms with Gasteiger partial charge in [-0.05, 0) is 31.7 Å². The zero-order valence-corrected chi connectivity index (χ0v) is 11.9. The van der Waals surface area contributed by atoms with Crippen LogP contribution in [-0.4, -0.2) is 49.4 Å². The lowest BCUT2D eigenvalue weighted by molar-refractivity contribution is 0.198. The van der Waals surface area contributed by atoms with Crippen molar-refractivity contribution < 1.29 is 4.74 Å². The van der Waals surface area contributed by atoms with Gasteiger partial charge in [0.2, 0.25) is 5.95 Å². The largest absolute Gasteiger partial charge is 0.383 e. The van der Waals surface area contributed by atoms with Crippen LogP contribution in [0.4, 0.5) is 5.95 Å². The molecule has 1 atom stereocenters. The van der Waals surface area contributed by atoms with Gasteiger partial charge < -0.3 is 15.0 Å². The van der Waals surface area contributed by atoms with Crippen molar-refractivity contribution in [3.05, 3.63) is 18.0 Å². The number of hydrogen-bond donors (Lipinski definition) is 1. The number of nitrogens with one attached hydrogen (secondary N) is 1. The predicted octanol–water partition coefficient (Wildman–Crippen LogP) is 1.38. The van der Waals surface area contributed by atoms with Gasteiger partial charge in [0, 0.05) is 45.2 Å². The van der Waals surface area contributed by atoms with E-state index in [9.17, 15) is 0 Å². The zero-order chi connectivity index (χ0) is 13.5. The van der Waals surface area contributed by atoms with Crippen molar-refractivity contribution in [3.8, 4) is 0 Å². The highest BCUT2D eigenvalue weighted by Crippen LogP contribution is 2.21. The van der Waals surface area contributed by atoms with Gasteiger partial charge in [0.15, 0.2) is 0 Å². The number of nitrogens with zero attached hydrogens (tertiary/aromatic N) is 3. The summed E-state index contributed by atoms with van der Waals surface area (Å²) < 4.78 is 5.06. The average molecular weight is 264 g/mol. The number of rotatable bonds is 6. The monoisotopic (exact) mass is 264 g/mol. The number of aryl methyl sites for hydroxylation is 1. The van der Waals surface area contributed by atoms with E-state index in [0.717, 1.165) is 37.8 Å². The van der Waals surface area contributed by atoms with E-state index in [2.05, 4.69) is 20.2 Å². The first-order valence-electron chi connectivity index (χ1n) is 7.06. The van der Waals surface area contributed by atoms with Gasteiger partial charge in [-0.25, -0.2) is 9.97 Å². The molecule has 19 heavy (non-hydrogen) atoms. The minimum absolute atomic E-state index is 0.494. The highest BCUT2D eigenvalue weighted by Gasteiger charge is 2.23. The fraction of sp³-hybridized carbons (Fsp3) is 0.714. The number of piperidine rings is 1. The van der Waals surface area contributed by atoms with Gasteiger partial charge in [0.05, 0.1) is 6.61 Å². The Morgan fingerprint density at radius 3 is 2.89 bits per heavy atom. The summed E-state index contributed by atoms with van der Waals surface area (Å²) in [4.78, 5) is 11.3. The maximum Gasteiger partial charge on any atom is 0.225 e. The van der Waals surface area contributed by atoms with E-state index in [1.165, 1.54) is 19.3 Å². The van der Waals surface area contributed by atoms with Crippen LogP contribution in [0.5, 0.6) is 0 Å². The third-order valence-corrected chi connectivity index (χ3v) is 3.51. The van der Waals surface area contributed by atoms with Crippen molar-refractivity contribution in [1.82, 2.24) is 15.3 Å². The minimum Gasteiger partial charge on any atom is -0.383 e. The van der Waals surface area contributed by atoms with E-state index in [0.29, 0.717) is 6.04 Å². The molecule has 5 heteroatoms. The van der Waals surface area contributed by atoms with Crippen molar-refractivity contribution in [3.63, 3.8) is 0 Å². The van der Waals surface area contributed by atoms with Gasteiger partial charge >= 0.3 is 0 Å². The molecule has 5 nitrogen and oxygen atoms in total. The maximum atomic E-state index is 5.06. The molecule has 1 unspecified atom stereocenters. The molecule has 2 heterocycles. The Kier molecular flexibility index (Phi) is 5.54. The lowest BCUT2D eigenvalue weighted by atomic mass is 10.0. The molecule has 1 saturated heterocycles. The lowest BCUT2D eigenvalue weighted by Crippen LogP contribution is -2.46. The van der Waals surface area contributed by atoms with Crippen molar-refractivity contribution in [2.75, 3.05) is 38.3 Å². The topological polar surface area (TPSA) is 50.3 Å². The van der Waals surface area contributed by atoms with Crippen molar-refractivity contribution in [1.29, 1.82) is 0 Å². The van der Waals surface area contributed by atoms with Gasteiger partial charge in [0.25, 0.3) is 0 Å². The van der Waals surface area contributed by atoms with Crippen LogP contribution in [0.25, 0.3) is 0 Å². The van der Waals surface area contributed by atoms with E-state index in [-0.39, 0.29) is 0 Å². The Hall–Kier alpha value is -1.20. The quantitative estimate of drug-likeness (QED) is 0.787. The molecule has 1 fully saturated rings. The fourth-order valence-corrected chi connectivity index (χ4v) is 2.45. The van der Waals surface area contributed by atoms with E-state index in [1.54, 1.807) is 7.11 Å². The van der Waals surface area contributed by atoms with Crippen LogP contribution in [0.2, 0.25) is 0 Å². The van der Waals surface area contributed by atoms with E-state index in [1.807, 2.05) is 19.3 Å². The van der Waals surface area contributed by atoms with Crippen LogP contribution in [0.15, 0.2) is 12.4 Å². The van der Waals surface area contributed by atoms with Gasteiger partial charge in [-0.2, -0.15) is 0 Å². The summed E-state index contributed by atoms with van der Waals surface area (Å²) in [7, 11) is 1.73. The van der Waals surface area contributed by atoms with E-state index >= 15 is 0 Å². The molecule has 1 aromatic rings. The molecule has 0 aromatic carbocycles. The molecule has 1 aliphatic rings. The number of ether oxygens (including phenoxy) is 1. The third kappa shape index (κ3) is 4.14. The Labute approximate surface area is 115 Å². The van der Waals surface area contributed by atoms with Crippen LogP contribution >= 0.6 is 0 Å². The highest BCUT2D eigenvalue weighted by molar-refractivity contribution is 5.32. The molecule has 0 bridgehead atoms. The maximum absolute atomic E-state index is 5.06. The van der Waals surface area contributed by atoms with E-state index in [4.69, 9.17) is 4.74 Å². The first-order valence-corrected chi connectivity index (χ1v) is 7.06. The summed E-state index contributed by atoms with van der Waals surface area (Å²) in [5.41, 5.74) is 1.11. The number of hydrogen-bond acceptors (Lipinski definition) is 5. The third-order valence-electron chi connectivity index (χ3n) is 3.51. The van der Waals surface area contributed by atoms with Crippen LogP contribution in [0.1, 0.15) is 24.8 Å². The summed E-state index contributed by atoms with van der Waals surface area (Å²) in [6.45, 7) is 5.70. The second-order valence-electron chi connectivity index (χ2n) is 5.10. The smallest absolute Gasteiger partial charge is 0.225 e. The second kappa shape index (κ2) is 7.40. The van der Waals surface area contributed by atoms with Crippen molar-refractivity contribution in [2.45, 2.75) is 32.2 Å². The summed E-state index contributed by atoms with van der Waals surface area (Å²) in [6, 6.07) is 0.494. The summed E-state index contributed by atoms with van der Waals surface area (Å²) in [5.74, 6) is 0.865. The Balaban J connectivity index is 1.93. The summed E-state index contributed by atoms with van der Waals surface area (Å²) >= 11 is 0. The molecule has 106 valence electrons. The van der Waals surface area contributed by atoms with Gasteiger partial charge in [-0.1, -0.05) is 0 Å². The first kappa shape index (κ1) is 14.2. The van der Waals surface area contributed by atoms with Gasteiger partial charge in [0.1, 0.15) is 0 Å². The molecule has 0 aliphatic carbocycles. The van der Waals surface area contributed by atoms with Crippen LogP contribution in [-0.2, 0) is 4.74 Å². The van der Waals surface area contributed by atoms with Crippen LogP contribution in [0.3, 0.4) is 0 Å². The molecule has 0 spiro atoms. The molecule has 1 aromatic heterocycles. The molecule has 1 N–H and O–H groups in total. The number of anilines is 1. The standard InChI is InChI=1S/C14H24N4O/c1-12-9-16-14(17-10-12)18-7-4-3-5-13(18)11-15-6-8-19-2/h9-10,13,15H,3-8,11H2,1-2H3. The summed E-state index contributed by atoms with van der Waals surface area (Å²) in [5, 5.41) is 3.44. The predicted molar refractivity (Wildman–Crippen MR) is 76.5 cm³/mol. The van der Waals surface area contributed by atoms with E-state index < -0.39 is 0 Å². The number of methoxy groups -OCH3 is 1.